The highest BCUT2D eigenvalue weighted by atomic mass is 16.6. The molecule has 0 aliphatic carbocycles. The number of hydrogen-bond acceptors (Lipinski definition) is 6. The van der Waals surface area contributed by atoms with Gasteiger partial charge in [0.2, 0.25) is 0 Å². The molecule has 0 amide bonds. The molecule has 3 unspecified atom stereocenters. The van der Waals surface area contributed by atoms with Crippen LogP contribution in [0.15, 0.2) is 42.5 Å². The number of hydrogen-bond donors (Lipinski definition) is 0. The van der Waals surface area contributed by atoms with Crippen molar-refractivity contribution in [2.75, 3.05) is 39.6 Å². The zero-order valence-electron chi connectivity index (χ0n) is 15.0. The SMILES string of the molecule is c1cc(-c2ccc(OCC3CO3)c(OCC3CO3)c2)ccc1OCC1CO1. The van der Waals surface area contributed by atoms with Crippen molar-refractivity contribution in [3.8, 4) is 28.4 Å². The predicted octanol–water partition coefficient (Wildman–Crippen LogP) is 2.69. The van der Waals surface area contributed by atoms with Crippen molar-refractivity contribution in [3.63, 3.8) is 0 Å². The zero-order valence-corrected chi connectivity index (χ0v) is 15.0. The fourth-order valence-electron chi connectivity index (χ4n) is 2.71. The van der Waals surface area contributed by atoms with Gasteiger partial charge >= 0.3 is 0 Å². The molecule has 3 aliphatic heterocycles. The van der Waals surface area contributed by atoms with E-state index in [1.54, 1.807) is 0 Å². The van der Waals surface area contributed by atoms with Crippen LogP contribution in [0.25, 0.3) is 11.1 Å². The average Bonchev–Trinajstić information content (AvgIpc) is 3.57. The molecule has 3 saturated heterocycles. The van der Waals surface area contributed by atoms with E-state index in [2.05, 4.69) is 0 Å². The monoisotopic (exact) mass is 370 g/mol. The molecule has 6 nitrogen and oxygen atoms in total. The van der Waals surface area contributed by atoms with Crippen LogP contribution in [-0.2, 0) is 14.2 Å². The summed E-state index contributed by atoms with van der Waals surface area (Å²) in [6, 6.07) is 14.1. The summed E-state index contributed by atoms with van der Waals surface area (Å²) in [7, 11) is 0. The average molecular weight is 370 g/mol. The second-order valence-corrected chi connectivity index (χ2v) is 6.98. The molecule has 2 aromatic carbocycles. The lowest BCUT2D eigenvalue weighted by molar-refractivity contribution is 0.228. The Labute approximate surface area is 157 Å². The Bertz CT molecular complexity index is 778. The van der Waals surface area contributed by atoms with E-state index in [4.69, 9.17) is 28.4 Å². The molecule has 0 radical (unpaired) electrons. The lowest BCUT2D eigenvalue weighted by Crippen LogP contribution is -2.08. The summed E-state index contributed by atoms with van der Waals surface area (Å²) in [4.78, 5) is 0. The van der Waals surface area contributed by atoms with Crippen molar-refractivity contribution in [2.24, 2.45) is 0 Å². The fraction of sp³-hybridized carbons (Fsp3) is 0.429. The van der Waals surface area contributed by atoms with Crippen LogP contribution in [-0.4, -0.2) is 58.0 Å². The molecule has 0 N–H and O–H groups in total. The minimum absolute atomic E-state index is 0.195. The van der Waals surface area contributed by atoms with Crippen molar-refractivity contribution < 1.29 is 28.4 Å². The van der Waals surface area contributed by atoms with Crippen molar-refractivity contribution >= 4 is 0 Å². The summed E-state index contributed by atoms with van der Waals surface area (Å²) in [5, 5.41) is 0. The molecule has 142 valence electrons. The standard InChI is InChI=1S/C21H22O6/c1-4-16(22-8-17-9-23-17)5-2-14(1)15-3-6-20(26-12-18-10-24-18)21(7-15)27-13-19-11-25-19/h1-7,17-19H,8-13H2. The first-order valence-corrected chi connectivity index (χ1v) is 9.31. The first kappa shape index (κ1) is 16.9. The second kappa shape index (κ2) is 7.38. The first-order chi connectivity index (χ1) is 13.3. The van der Waals surface area contributed by atoms with E-state index in [-0.39, 0.29) is 18.3 Å². The highest BCUT2D eigenvalue weighted by molar-refractivity contribution is 5.67. The molecule has 2 aromatic rings. The molecule has 0 saturated carbocycles. The van der Waals surface area contributed by atoms with Gasteiger partial charge in [0, 0.05) is 0 Å². The van der Waals surface area contributed by atoms with E-state index >= 15 is 0 Å². The third kappa shape index (κ3) is 4.71. The van der Waals surface area contributed by atoms with Gasteiger partial charge in [0.25, 0.3) is 0 Å². The van der Waals surface area contributed by atoms with E-state index in [0.29, 0.717) is 19.8 Å². The van der Waals surface area contributed by atoms with Gasteiger partial charge in [-0.3, -0.25) is 0 Å². The molecule has 6 heteroatoms. The molecule has 3 heterocycles. The Kier molecular flexibility index (Phi) is 4.61. The van der Waals surface area contributed by atoms with E-state index in [1.165, 1.54) is 0 Å². The third-order valence-electron chi connectivity index (χ3n) is 4.62. The molecule has 27 heavy (non-hydrogen) atoms. The van der Waals surface area contributed by atoms with Gasteiger partial charge < -0.3 is 28.4 Å². The minimum Gasteiger partial charge on any atom is -0.491 e. The quantitative estimate of drug-likeness (QED) is 0.599. The summed E-state index contributed by atoms with van der Waals surface area (Å²) in [5.41, 5.74) is 2.16. The van der Waals surface area contributed by atoms with Gasteiger partial charge in [-0.05, 0) is 35.4 Å². The van der Waals surface area contributed by atoms with E-state index < -0.39 is 0 Å². The number of epoxide rings is 3. The van der Waals surface area contributed by atoms with Crippen molar-refractivity contribution in [1.82, 2.24) is 0 Å². The number of rotatable bonds is 10. The molecular weight excluding hydrogens is 348 g/mol. The second-order valence-electron chi connectivity index (χ2n) is 6.98. The molecule has 0 bridgehead atoms. The van der Waals surface area contributed by atoms with Crippen molar-refractivity contribution in [2.45, 2.75) is 18.3 Å². The Balaban J connectivity index is 1.29. The molecule has 3 fully saturated rings. The lowest BCUT2D eigenvalue weighted by atomic mass is 10.0. The Morgan fingerprint density at radius 2 is 1.15 bits per heavy atom. The summed E-state index contributed by atoms with van der Waals surface area (Å²) >= 11 is 0. The van der Waals surface area contributed by atoms with Crippen LogP contribution in [0.3, 0.4) is 0 Å². The van der Waals surface area contributed by atoms with E-state index in [9.17, 15) is 0 Å². The highest BCUT2D eigenvalue weighted by Gasteiger charge is 2.26. The van der Waals surface area contributed by atoms with Crippen LogP contribution < -0.4 is 14.2 Å². The maximum atomic E-state index is 5.94. The molecule has 3 atom stereocenters. The van der Waals surface area contributed by atoms with Gasteiger partial charge in [-0.25, -0.2) is 0 Å². The normalized spacial score (nSPS) is 25.0. The lowest BCUT2D eigenvalue weighted by Gasteiger charge is -2.14. The molecular formula is C21H22O6. The van der Waals surface area contributed by atoms with Crippen LogP contribution in [0.4, 0.5) is 0 Å². The Morgan fingerprint density at radius 3 is 1.74 bits per heavy atom. The van der Waals surface area contributed by atoms with Crippen LogP contribution in [0.5, 0.6) is 17.2 Å². The smallest absolute Gasteiger partial charge is 0.161 e. The molecule has 0 aromatic heterocycles. The maximum Gasteiger partial charge on any atom is 0.161 e. The first-order valence-electron chi connectivity index (χ1n) is 9.31. The third-order valence-corrected chi connectivity index (χ3v) is 4.62. The largest absolute Gasteiger partial charge is 0.491 e. The topological polar surface area (TPSA) is 65.3 Å². The number of benzene rings is 2. The highest BCUT2D eigenvalue weighted by Crippen LogP contribution is 2.34. The van der Waals surface area contributed by atoms with Gasteiger partial charge in [-0.1, -0.05) is 18.2 Å². The van der Waals surface area contributed by atoms with Gasteiger partial charge in [0.05, 0.1) is 19.8 Å². The zero-order chi connectivity index (χ0) is 18.1. The molecule has 3 aliphatic rings. The van der Waals surface area contributed by atoms with E-state index in [1.807, 2.05) is 42.5 Å². The van der Waals surface area contributed by atoms with Gasteiger partial charge in [0.1, 0.15) is 43.9 Å². The summed E-state index contributed by atoms with van der Waals surface area (Å²) in [6.45, 7) is 4.03. The van der Waals surface area contributed by atoms with Gasteiger partial charge in [-0.2, -0.15) is 0 Å². The number of ether oxygens (including phenoxy) is 6. The summed E-state index contributed by atoms with van der Waals surface area (Å²) in [6.07, 6.45) is 0.659. The summed E-state index contributed by atoms with van der Waals surface area (Å²) < 4.78 is 33.1. The molecule has 5 rings (SSSR count). The van der Waals surface area contributed by atoms with Crippen LogP contribution >= 0.6 is 0 Å². The van der Waals surface area contributed by atoms with Crippen LogP contribution in [0, 0.1) is 0 Å². The fourth-order valence-corrected chi connectivity index (χ4v) is 2.71. The maximum absolute atomic E-state index is 5.94. The minimum atomic E-state index is 0.195. The van der Waals surface area contributed by atoms with Crippen molar-refractivity contribution in [3.05, 3.63) is 42.5 Å². The molecule has 0 spiro atoms. The van der Waals surface area contributed by atoms with Gasteiger partial charge in [-0.15, -0.1) is 0 Å². The van der Waals surface area contributed by atoms with Crippen LogP contribution in [0.2, 0.25) is 0 Å². The Hall–Kier alpha value is -2.28. The predicted molar refractivity (Wildman–Crippen MR) is 97.6 cm³/mol. The Morgan fingerprint density at radius 1 is 0.630 bits per heavy atom. The van der Waals surface area contributed by atoms with Crippen LogP contribution in [0.1, 0.15) is 0 Å². The van der Waals surface area contributed by atoms with Crippen molar-refractivity contribution in [1.29, 1.82) is 0 Å². The van der Waals surface area contributed by atoms with E-state index in [0.717, 1.165) is 48.2 Å². The summed E-state index contributed by atoms with van der Waals surface area (Å²) in [5.74, 6) is 2.31. The van der Waals surface area contributed by atoms with Gasteiger partial charge in [0.15, 0.2) is 11.5 Å².